The van der Waals surface area contributed by atoms with Crippen LogP contribution in [0.1, 0.15) is 168 Å². The fourth-order valence-corrected chi connectivity index (χ4v) is 4.35. The van der Waals surface area contributed by atoms with Gasteiger partial charge in [0.15, 0.2) is 0 Å². The van der Waals surface area contributed by atoms with Gasteiger partial charge in [-0.15, -0.1) is 0 Å². The summed E-state index contributed by atoms with van der Waals surface area (Å²) in [6.45, 7) is 6.66. The summed E-state index contributed by atoms with van der Waals surface area (Å²) in [4.78, 5) is 33.1. The summed E-state index contributed by atoms with van der Waals surface area (Å²) in [6.07, 6.45) is 25.5. The maximum Gasteiger partial charge on any atom is 0.404 e. The normalized spacial score (nSPS) is 10.5. The van der Waals surface area contributed by atoms with E-state index in [4.69, 9.17) is 20.3 Å². The number of nitrogens with two attached hydrogens (primary N) is 1. The molecule has 0 atom stereocenters. The molecule has 0 rings (SSSR count). The summed E-state index contributed by atoms with van der Waals surface area (Å²) in [5.74, 6) is -0.131. The molecule has 0 fully saturated rings. The zero-order chi connectivity index (χ0) is 30.7. The van der Waals surface area contributed by atoms with Gasteiger partial charge in [0.05, 0.1) is 13.2 Å². The average Bonchev–Trinajstić information content (AvgIpc) is 2.95. The van der Waals surface area contributed by atoms with Crippen molar-refractivity contribution in [2.75, 3.05) is 26.3 Å². The van der Waals surface area contributed by atoms with E-state index < -0.39 is 6.09 Å². The molecule has 0 unspecified atom stereocenters. The summed E-state index contributed by atoms with van der Waals surface area (Å²) in [5, 5.41) is 10.7. The Hall–Kier alpha value is -1.83. The Bertz CT molecular complexity index is 574. The number of carbonyl (C=O) groups is 3. The van der Waals surface area contributed by atoms with Crippen LogP contribution in [0.5, 0.6) is 0 Å². The molecule has 0 spiro atoms. The van der Waals surface area contributed by atoms with Crippen molar-refractivity contribution >= 4 is 18.0 Å². The molecule has 8 nitrogen and oxygen atoms in total. The fourth-order valence-electron chi connectivity index (χ4n) is 4.35. The van der Waals surface area contributed by atoms with Gasteiger partial charge in [-0.25, -0.2) is 4.79 Å². The molecule has 0 radical (unpaired) electrons. The molecule has 0 aliphatic carbocycles. The summed E-state index contributed by atoms with van der Waals surface area (Å²) in [6, 6.07) is 0. The van der Waals surface area contributed by atoms with E-state index in [-0.39, 0.29) is 11.9 Å². The van der Waals surface area contributed by atoms with Crippen molar-refractivity contribution in [2.45, 2.75) is 168 Å². The second-order valence-electron chi connectivity index (χ2n) is 11.0. The van der Waals surface area contributed by atoms with Crippen LogP contribution in [0, 0.1) is 0 Å². The number of hydrogen-bond donors (Lipinski definition) is 3. The highest BCUT2D eigenvalue weighted by Gasteiger charge is 2.03. The van der Waals surface area contributed by atoms with Crippen LogP contribution >= 0.6 is 0 Å². The van der Waals surface area contributed by atoms with E-state index in [9.17, 15) is 14.4 Å². The van der Waals surface area contributed by atoms with Crippen molar-refractivity contribution in [1.29, 1.82) is 0 Å². The molecular weight excluding hydrogens is 520 g/mol. The Morgan fingerprint density at radius 3 is 1.29 bits per heavy atom. The molecule has 0 aromatic heterocycles. The summed E-state index contributed by atoms with van der Waals surface area (Å²) in [7, 11) is 0. The number of carbonyl (C=O) groups excluding carboxylic acids is 2. The lowest BCUT2D eigenvalue weighted by molar-refractivity contribution is -0.144. The van der Waals surface area contributed by atoms with Crippen LogP contribution in [-0.2, 0) is 19.1 Å². The second-order valence-corrected chi connectivity index (χ2v) is 11.0. The third kappa shape index (κ3) is 40.4. The highest BCUT2D eigenvalue weighted by atomic mass is 16.5. The largest absolute Gasteiger partial charge is 0.466 e. The molecular formula is C33H66N2O6. The molecule has 0 bridgehead atoms. The Morgan fingerprint density at radius 1 is 0.537 bits per heavy atom. The Labute approximate surface area is 252 Å². The predicted octanol–water partition coefficient (Wildman–Crippen LogP) is 8.69. The predicted molar refractivity (Wildman–Crippen MR) is 169 cm³/mol. The Morgan fingerprint density at radius 2 is 0.902 bits per heavy atom. The summed E-state index contributed by atoms with van der Waals surface area (Å²) < 4.78 is 10.3. The number of hydrogen-bond acceptors (Lipinski definition) is 6. The minimum Gasteiger partial charge on any atom is -0.466 e. The highest BCUT2D eigenvalue weighted by molar-refractivity contribution is 5.69. The molecule has 8 heteroatoms. The van der Waals surface area contributed by atoms with E-state index in [1.807, 2.05) is 0 Å². The average molecular weight is 587 g/mol. The van der Waals surface area contributed by atoms with E-state index in [0.717, 1.165) is 70.8 Å². The minimum atomic E-state index is -0.989. The third-order valence-corrected chi connectivity index (χ3v) is 6.94. The van der Waals surface area contributed by atoms with Gasteiger partial charge in [-0.3, -0.25) is 9.59 Å². The number of ether oxygens (including phenoxy) is 2. The molecule has 41 heavy (non-hydrogen) atoms. The van der Waals surface area contributed by atoms with E-state index >= 15 is 0 Å². The second kappa shape index (κ2) is 36.2. The first-order valence-corrected chi connectivity index (χ1v) is 17.0. The maximum atomic E-state index is 11.5. The van der Waals surface area contributed by atoms with Crippen molar-refractivity contribution in [3.63, 3.8) is 0 Å². The van der Waals surface area contributed by atoms with Crippen LogP contribution in [0.15, 0.2) is 0 Å². The number of carboxylic acid groups (broad SMARTS) is 1. The first-order chi connectivity index (χ1) is 20.0. The summed E-state index contributed by atoms with van der Waals surface area (Å²) >= 11 is 0. The first-order valence-electron chi connectivity index (χ1n) is 17.0. The Balaban J connectivity index is 0. The van der Waals surface area contributed by atoms with Crippen molar-refractivity contribution in [3.8, 4) is 0 Å². The monoisotopic (exact) mass is 586 g/mol. The van der Waals surface area contributed by atoms with Gasteiger partial charge >= 0.3 is 18.0 Å². The highest BCUT2D eigenvalue weighted by Crippen LogP contribution is 2.11. The number of nitrogens with one attached hydrogen (secondary N) is 1. The van der Waals surface area contributed by atoms with Crippen LogP contribution < -0.4 is 11.1 Å². The molecule has 0 aromatic carbocycles. The number of rotatable bonds is 29. The standard InChI is InChI=1S/C17H33NO4.C16H33NO2/c1-2-3-4-5-6-7-8-10-13-16(19)22-15-12-9-11-14-18-17(20)21;1-2-3-4-5-6-7-8-10-13-16(18)19-15-12-9-11-14-17/h18H,2-15H2,1H3,(H,20,21);2-15,17H2,1H3. The smallest absolute Gasteiger partial charge is 0.404 e. The fraction of sp³-hybridized carbons (Fsp3) is 0.909. The van der Waals surface area contributed by atoms with Gasteiger partial charge < -0.3 is 25.6 Å². The van der Waals surface area contributed by atoms with E-state index in [1.165, 1.54) is 77.0 Å². The lowest BCUT2D eigenvalue weighted by Gasteiger charge is -2.05. The molecule has 244 valence electrons. The lowest BCUT2D eigenvalue weighted by atomic mass is 10.1. The summed E-state index contributed by atoms with van der Waals surface area (Å²) in [5.41, 5.74) is 5.40. The van der Waals surface area contributed by atoms with Gasteiger partial charge in [-0.1, -0.05) is 104 Å². The van der Waals surface area contributed by atoms with Crippen LogP contribution in [0.4, 0.5) is 4.79 Å². The minimum absolute atomic E-state index is 0.0290. The number of esters is 2. The van der Waals surface area contributed by atoms with E-state index in [0.29, 0.717) is 32.6 Å². The van der Waals surface area contributed by atoms with Crippen LogP contribution in [0.2, 0.25) is 0 Å². The van der Waals surface area contributed by atoms with Gasteiger partial charge in [-0.05, 0) is 57.9 Å². The SMILES string of the molecule is CCCCCCCCCCC(=O)OCCCCCN.CCCCCCCCCCC(=O)OCCCCCNC(=O)O. The molecule has 0 aliphatic rings. The van der Waals surface area contributed by atoms with Gasteiger partial charge in [0.1, 0.15) is 0 Å². The lowest BCUT2D eigenvalue weighted by Crippen LogP contribution is -2.21. The van der Waals surface area contributed by atoms with Crippen molar-refractivity contribution < 1.29 is 29.0 Å². The zero-order valence-electron chi connectivity index (χ0n) is 26.9. The number of amides is 1. The molecule has 0 saturated carbocycles. The van der Waals surface area contributed by atoms with Gasteiger partial charge in [-0.2, -0.15) is 0 Å². The molecule has 0 heterocycles. The van der Waals surface area contributed by atoms with Crippen molar-refractivity contribution in [2.24, 2.45) is 5.73 Å². The molecule has 0 aliphatic heterocycles. The zero-order valence-corrected chi connectivity index (χ0v) is 26.9. The van der Waals surface area contributed by atoms with Crippen molar-refractivity contribution in [1.82, 2.24) is 5.32 Å². The quantitative estimate of drug-likeness (QED) is 0.0590. The van der Waals surface area contributed by atoms with Crippen molar-refractivity contribution in [3.05, 3.63) is 0 Å². The van der Waals surface area contributed by atoms with Crippen LogP contribution in [-0.4, -0.2) is 49.4 Å². The first kappa shape index (κ1) is 41.3. The molecule has 4 N–H and O–H groups in total. The van der Waals surface area contributed by atoms with Gasteiger partial charge in [0.2, 0.25) is 0 Å². The molecule has 1 amide bonds. The maximum absolute atomic E-state index is 11.5. The Kier molecular flexibility index (Phi) is 36.5. The number of unbranched alkanes of at least 4 members (excludes halogenated alkanes) is 18. The van der Waals surface area contributed by atoms with E-state index in [2.05, 4.69) is 19.2 Å². The molecule has 0 saturated heterocycles. The topological polar surface area (TPSA) is 128 Å². The van der Waals surface area contributed by atoms with Gasteiger partial charge in [0.25, 0.3) is 0 Å². The van der Waals surface area contributed by atoms with Crippen LogP contribution in [0.3, 0.4) is 0 Å². The third-order valence-electron chi connectivity index (χ3n) is 6.94. The van der Waals surface area contributed by atoms with Crippen LogP contribution in [0.25, 0.3) is 0 Å². The molecule has 0 aromatic rings. The van der Waals surface area contributed by atoms with Gasteiger partial charge in [0, 0.05) is 19.4 Å². The van der Waals surface area contributed by atoms with E-state index in [1.54, 1.807) is 0 Å².